The number of rotatable bonds is 6. The van der Waals surface area contributed by atoms with Gasteiger partial charge < -0.3 is 15.5 Å². The molecule has 0 aromatic heterocycles. The molecule has 1 heterocycles. The molecule has 1 aromatic rings. The lowest BCUT2D eigenvalue weighted by Crippen LogP contribution is -2.55. The third-order valence-corrected chi connectivity index (χ3v) is 4.99. The highest BCUT2D eigenvalue weighted by Crippen LogP contribution is 2.23. The average Bonchev–Trinajstić information content (AvgIpc) is 2.56. The average molecular weight is 332 g/mol. The molecule has 1 aliphatic rings. The molecule has 1 fully saturated rings. The van der Waals surface area contributed by atoms with Crippen molar-refractivity contribution < 1.29 is 4.79 Å². The lowest BCUT2D eigenvalue weighted by Gasteiger charge is -2.37. The molecule has 134 valence electrons. The van der Waals surface area contributed by atoms with Gasteiger partial charge in [-0.25, -0.2) is 4.79 Å². The molecule has 0 spiro atoms. The fourth-order valence-electron chi connectivity index (χ4n) is 3.24. The van der Waals surface area contributed by atoms with Crippen molar-refractivity contribution in [1.29, 1.82) is 0 Å². The summed E-state index contributed by atoms with van der Waals surface area (Å²) in [5, 5.41) is 6.08. The molecule has 5 nitrogen and oxygen atoms in total. The Labute approximate surface area is 146 Å². The number of nitrogens with one attached hydrogen (secondary N) is 2. The summed E-state index contributed by atoms with van der Waals surface area (Å²) in [5.74, 6) is 0.811. The summed E-state index contributed by atoms with van der Waals surface area (Å²) in [6, 6.07) is 10.7. The van der Waals surface area contributed by atoms with Crippen LogP contribution in [0.25, 0.3) is 0 Å². The summed E-state index contributed by atoms with van der Waals surface area (Å²) in [6.45, 7) is 8.88. The predicted octanol–water partition coefficient (Wildman–Crippen LogP) is 1.97. The van der Waals surface area contributed by atoms with Crippen LogP contribution >= 0.6 is 0 Å². The Hall–Kier alpha value is -1.59. The SMILES string of the molecule is CC(C)C(CNC(=O)NCC1CN(C)CCN1C)c1ccccc1. The first-order chi connectivity index (χ1) is 11.5. The maximum absolute atomic E-state index is 12.2. The fraction of sp³-hybridized carbons (Fsp3) is 0.632. The lowest BCUT2D eigenvalue weighted by atomic mass is 9.88. The number of urea groups is 1. The van der Waals surface area contributed by atoms with Crippen molar-refractivity contribution >= 4 is 6.03 Å². The molecule has 1 aromatic carbocycles. The van der Waals surface area contributed by atoms with E-state index in [1.54, 1.807) is 0 Å². The van der Waals surface area contributed by atoms with Gasteiger partial charge in [0.25, 0.3) is 0 Å². The zero-order chi connectivity index (χ0) is 17.5. The van der Waals surface area contributed by atoms with Gasteiger partial charge in [-0.2, -0.15) is 0 Å². The summed E-state index contributed by atoms with van der Waals surface area (Å²) in [6.07, 6.45) is 0. The fourth-order valence-corrected chi connectivity index (χ4v) is 3.24. The third-order valence-electron chi connectivity index (χ3n) is 4.99. The van der Waals surface area contributed by atoms with E-state index in [1.165, 1.54) is 5.56 Å². The van der Waals surface area contributed by atoms with Crippen molar-refractivity contribution in [2.45, 2.75) is 25.8 Å². The quantitative estimate of drug-likeness (QED) is 0.837. The van der Waals surface area contributed by atoms with Gasteiger partial charge >= 0.3 is 6.03 Å². The molecule has 1 aliphatic heterocycles. The molecule has 2 unspecified atom stereocenters. The highest BCUT2D eigenvalue weighted by atomic mass is 16.2. The minimum atomic E-state index is -0.0711. The molecular weight excluding hydrogens is 300 g/mol. The van der Waals surface area contributed by atoms with E-state index in [0.29, 0.717) is 31.0 Å². The number of nitrogens with zero attached hydrogens (tertiary/aromatic N) is 2. The van der Waals surface area contributed by atoms with E-state index < -0.39 is 0 Å². The summed E-state index contributed by atoms with van der Waals surface area (Å²) >= 11 is 0. The van der Waals surface area contributed by atoms with Crippen LogP contribution in [0, 0.1) is 5.92 Å². The van der Waals surface area contributed by atoms with Gasteiger partial charge in [-0.15, -0.1) is 0 Å². The van der Waals surface area contributed by atoms with Gasteiger partial charge in [0, 0.05) is 44.7 Å². The number of hydrogen-bond donors (Lipinski definition) is 2. The number of benzene rings is 1. The number of carbonyl (C=O) groups is 1. The van der Waals surface area contributed by atoms with Crippen LogP contribution in [0.2, 0.25) is 0 Å². The third kappa shape index (κ3) is 5.49. The van der Waals surface area contributed by atoms with Gasteiger partial charge in [0.15, 0.2) is 0 Å². The first-order valence-electron chi connectivity index (χ1n) is 8.92. The van der Waals surface area contributed by atoms with Crippen LogP contribution in [0.4, 0.5) is 4.79 Å². The van der Waals surface area contributed by atoms with Crippen LogP contribution in [0.15, 0.2) is 30.3 Å². The van der Waals surface area contributed by atoms with Crippen molar-refractivity contribution in [3.8, 4) is 0 Å². The highest BCUT2D eigenvalue weighted by Gasteiger charge is 2.22. The Morgan fingerprint density at radius 1 is 1.17 bits per heavy atom. The maximum Gasteiger partial charge on any atom is 0.314 e. The van der Waals surface area contributed by atoms with Crippen LogP contribution in [0.3, 0.4) is 0 Å². The van der Waals surface area contributed by atoms with Crippen molar-refractivity contribution in [3.05, 3.63) is 35.9 Å². The summed E-state index contributed by atoms with van der Waals surface area (Å²) in [5.41, 5.74) is 1.28. The van der Waals surface area contributed by atoms with E-state index in [1.807, 2.05) is 6.07 Å². The van der Waals surface area contributed by atoms with Gasteiger partial charge in [0.05, 0.1) is 0 Å². The zero-order valence-electron chi connectivity index (χ0n) is 15.5. The largest absolute Gasteiger partial charge is 0.338 e. The van der Waals surface area contributed by atoms with Crippen molar-refractivity contribution in [2.24, 2.45) is 5.92 Å². The van der Waals surface area contributed by atoms with Crippen LogP contribution in [-0.4, -0.2) is 68.7 Å². The molecular formula is C19H32N4O. The van der Waals surface area contributed by atoms with Crippen molar-refractivity contribution in [1.82, 2.24) is 20.4 Å². The Bertz CT molecular complexity index is 505. The normalized spacial score (nSPS) is 20.8. The molecule has 0 saturated carbocycles. The van der Waals surface area contributed by atoms with E-state index in [0.717, 1.165) is 19.6 Å². The first-order valence-corrected chi connectivity index (χ1v) is 8.92. The second kappa shape index (κ2) is 9.04. The van der Waals surface area contributed by atoms with E-state index in [-0.39, 0.29) is 6.03 Å². The Kier molecular flexibility index (Phi) is 7.06. The first kappa shape index (κ1) is 18.7. The standard InChI is InChI=1S/C19H32N4O/c1-15(2)18(16-8-6-5-7-9-16)13-21-19(24)20-12-17-14-22(3)10-11-23(17)4/h5-9,15,17-18H,10-14H2,1-4H3,(H2,20,21,24). The van der Waals surface area contributed by atoms with Crippen molar-refractivity contribution in [3.63, 3.8) is 0 Å². The molecule has 0 radical (unpaired) electrons. The smallest absolute Gasteiger partial charge is 0.314 e. The van der Waals surface area contributed by atoms with Gasteiger partial charge in [0.1, 0.15) is 0 Å². The van der Waals surface area contributed by atoms with E-state index in [2.05, 4.69) is 72.6 Å². The second-order valence-electron chi connectivity index (χ2n) is 7.25. The number of piperazine rings is 1. The molecule has 0 aliphatic carbocycles. The summed E-state index contributed by atoms with van der Waals surface area (Å²) < 4.78 is 0. The molecule has 24 heavy (non-hydrogen) atoms. The predicted molar refractivity (Wildman–Crippen MR) is 99.3 cm³/mol. The minimum absolute atomic E-state index is 0.0711. The van der Waals surface area contributed by atoms with Crippen LogP contribution in [0.1, 0.15) is 25.3 Å². The van der Waals surface area contributed by atoms with E-state index >= 15 is 0 Å². The monoisotopic (exact) mass is 332 g/mol. The van der Waals surface area contributed by atoms with Crippen LogP contribution < -0.4 is 10.6 Å². The number of likely N-dealkylation sites (N-methyl/N-ethyl adjacent to an activating group) is 2. The van der Waals surface area contributed by atoms with Gasteiger partial charge in [0.2, 0.25) is 0 Å². The molecule has 0 bridgehead atoms. The molecule has 2 N–H and O–H groups in total. The van der Waals surface area contributed by atoms with Crippen LogP contribution in [0.5, 0.6) is 0 Å². The maximum atomic E-state index is 12.2. The molecule has 5 heteroatoms. The minimum Gasteiger partial charge on any atom is -0.338 e. The number of amides is 2. The molecule has 2 atom stereocenters. The topological polar surface area (TPSA) is 47.6 Å². The zero-order valence-corrected chi connectivity index (χ0v) is 15.5. The Morgan fingerprint density at radius 2 is 1.88 bits per heavy atom. The molecule has 2 amide bonds. The molecule has 2 rings (SSSR count). The molecule has 1 saturated heterocycles. The Balaban J connectivity index is 1.79. The van der Waals surface area contributed by atoms with Gasteiger partial charge in [-0.1, -0.05) is 44.2 Å². The Morgan fingerprint density at radius 3 is 2.54 bits per heavy atom. The van der Waals surface area contributed by atoms with Gasteiger partial charge in [-0.3, -0.25) is 4.90 Å². The lowest BCUT2D eigenvalue weighted by molar-refractivity contribution is 0.114. The van der Waals surface area contributed by atoms with Gasteiger partial charge in [-0.05, 0) is 25.6 Å². The summed E-state index contributed by atoms with van der Waals surface area (Å²) in [7, 11) is 4.26. The highest BCUT2D eigenvalue weighted by molar-refractivity contribution is 5.73. The second-order valence-corrected chi connectivity index (χ2v) is 7.25. The van der Waals surface area contributed by atoms with Crippen LogP contribution in [-0.2, 0) is 0 Å². The van der Waals surface area contributed by atoms with E-state index in [4.69, 9.17) is 0 Å². The number of carbonyl (C=O) groups excluding carboxylic acids is 1. The van der Waals surface area contributed by atoms with Crippen molar-refractivity contribution in [2.75, 3.05) is 46.8 Å². The summed E-state index contributed by atoms with van der Waals surface area (Å²) in [4.78, 5) is 16.8. The number of hydrogen-bond acceptors (Lipinski definition) is 3. The van der Waals surface area contributed by atoms with E-state index in [9.17, 15) is 4.79 Å².